The van der Waals surface area contributed by atoms with Crippen molar-refractivity contribution in [3.05, 3.63) is 132 Å². The highest BCUT2D eigenvalue weighted by atomic mass is 16.3. The molecule has 5 aromatic carbocycles. The molecule has 0 unspecified atom stereocenters. The quantitative estimate of drug-likeness (QED) is 0.199. The van der Waals surface area contributed by atoms with Crippen molar-refractivity contribution >= 4 is 44.0 Å². The maximum absolute atomic E-state index is 6.44. The highest BCUT2D eigenvalue weighted by Crippen LogP contribution is 2.50. The molecule has 4 heterocycles. The van der Waals surface area contributed by atoms with Gasteiger partial charge in [-0.1, -0.05) is 86.6 Å². The number of fused-ring (bicyclic) bond motifs is 9. The highest BCUT2D eigenvalue weighted by Gasteiger charge is 2.36. The van der Waals surface area contributed by atoms with Crippen molar-refractivity contribution in [1.82, 2.24) is 19.9 Å². The van der Waals surface area contributed by atoms with Crippen LogP contribution < -0.4 is 0 Å². The summed E-state index contributed by atoms with van der Waals surface area (Å²) < 4.78 is 12.5. The molecule has 0 radical (unpaired) electrons. The van der Waals surface area contributed by atoms with Crippen LogP contribution in [0.2, 0.25) is 0 Å². The summed E-state index contributed by atoms with van der Waals surface area (Å²) in [5, 5.41) is 4.09. The van der Waals surface area contributed by atoms with Gasteiger partial charge in [0.25, 0.3) is 0 Å². The topological polar surface area (TPSA) is 77.8 Å². The number of pyridine rings is 1. The first kappa shape index (κ1) is 26.1. The molecule has 6 heteroatoms. The zero-order valence-electron chi connectivity index (χ0n) is 25.7. The van der Waals surface area contributed by atoms with Crippen molar-refractivity contribution in [1.29, 1.82) is 0 Å². The van der Waals surface area contributed by atoms with Gasteiger partial charge in [0.05, 0.1) is 0 Å². The molecular weight excluding hydrogens is 580 g/mol. The fourth-order valence-corrected chi connectivity index (χ4v) is 7.18. The molecule has 9 aromatic rings. The Morgan fingerprint density at radius 1 is 0.447 bits per heavy atom. The van der Waals surface area contributed by atoms with Crippen LogP contribution in [-0.2, 0) is 5.41 Å². The average molecular weight is 607 g/mol. The number of hydrogen-bond acceptors (Lipinski definition) is 6. The summed E-state index contributed by atoms with van der Waals surface area (Å²) in [6.07, 6.45) is 0. The van der Waals surface area contributed by atoms with Crippen LogP contribution in [0.3, 0.4) is 0 Å². The van der Waals surface area contributed by atoms with Crippen molar-refractivity contribution in [3.8, 4) is 45.4 Å². The standard InChI is InChI=1S/C41H26N4O2/c1-41(2)31-14-8-6-12-25(31)28-22-36-30(21-32(28)41)27-17-18-33(42-40(27)47-36)39-44-37(23-10-4-3-5-11-23)43-38(45-39)24-16-19-35-29(20-24)26-13-7-9-15-34(26)46-35/h3-22H,1-2H3. The molecule has 4 aromatic heterocycles. The van der Waals surface area contributed by atoms with Crippen LogP contribution >= 0.6 is 0 Å². The molecule has 10 rings (SSSR count). The molecular formula is C41H26N4O2. The molecule has 0 atom stereocenters. The van der Waals surface area contributed by atoms with Gasteiger partial charge in [-0.25, -0.2) is 19.9 Å². The van der Waals surface area contributed by atoms with Crippen molar-refractivity contribution < 1.29 is 8.83 Å². The number of benzene rings is 5. The predicted molar refractivity (Wildman–Crippen MR) is 186 cm³/mol. The molecule has 0 bridgehead atoms. The maximum atomic E-state index is 6.44. The van der Waals surface area contributed by atoms with Crippen LogP contribution in [-0.4, -0.2) is 19.9 Å². The van der Waals surface area contributed by atoms with Crippen LogP contribution in [0.15, 0.2) is 130 Å². The van der Waals surface area contributed by atoms with E-state index in [-0.39, 0.29) is 5.41 Å². The van der Waals surface area contributed by atoms with E-state index in [1.807, 2.05) is 66.7 Å². The minimum Gasteiger partial charge on any atom is -0.456 e. The van der Waals surface area contributed by atoms with Crippen molar-refractivity contribution in [3.63, 3.8) is 0 Å². The van der Waals surface area contributed by atoms with Gasteiger partial charge in [-0.05, 0) is 70.8 Å². The van der Waals surface area contributed by atoms with E-state index in [0.29, 0.717) is 28.9 Å². The molecule has 0 aliphatic heterocycles. The maximum Gasteiger partial charge on any atom is 0.227 e. The summed E-state index contributed by atoms with van der Waals surface area (Å²) in [7, 11) is 0. The van der Waals surface area contributed by atoms with E-state index in [2.05, 4.69) is 68.4 Å². The summed E-state index contributed by atoms with van der Waals surface area (Å²) >= 11 is 0. The van der Waals surface area contributed by atoms with E-state index in [1.54, 1.807) is 0 Å². The minimum absolute atomic E-state index is 0.0992. The first-order chi connectivity index (χ1) is 23.0. The first-order valence-electron chi connectivity index (χ1n) is 15.7. The van der Waals surface area contributed by atoms with Crippen LogP contribution in [0.5, 0.6) is 0 Å². The van der Waals surface area contributed by atoms with Gasteiger partial charge < -0.3 is 8.83 Å². The van der Waals surface area contributed by atoms with Crippen molar-refractivity contribution in [2.45, 2.75) is 19.3 Å². The molecule has 0 fully saturated rings. The van der Waals surface area contributed by atoms with Gasteiger partial charge in [-0.2, -0.15) is 0 Å². The normalized spacial score (nSPS) is 13.5. The Balaban J connectivity index is 1.14. The predicted octanol–water partition coefficient (Wildman–Crippen LogP) is 10.4. The molecule has 0 amide bonds. The number of para-hydroxylation sites is 1. The van der Waals surface area contributed by atoms with E-state index < -0.39 is 0 Å². The number of rotatable bonds is 3. The number of aromatic nitrogens is 4. The third kappa shape index (κ3) is 3.85. The van der Waals surface area contributed by atoms with E-state index >= 15 is 0 Å². The largest absolute Gasteiger partial charge is 0.456 e. The van der Waals surface area contributed by atoms with Crippen LogP contribution in [0, 0.1) is 0 Å². The molecule has 1 aliphatic rings. The second-order valence-electron chi connectivity index (χ2n) is 12.7. The molecule has 0 spiro atoms. The first-order valence-corrected chi connectivity index (χ1v) is 15.7. The second-order valence-corrected chi connectivity index (χ2v) is 12.7. The monoisotopic (exact) mass is 606 g/mol. The number of nitrogens with zero attached hydrogens (tertiary/aromatic N) is 4. The molecule has 47 heavy (non-hydrogen) atoms. The van der Waals surface area contributed by atoms with Gasteiger partial charge in [0.2, 0.25) is 5.71 Å². The van der Waals surface area contributed by atoms with Gasteiger partial charge >= 0.3 is 0 Å². The summed E-state index contributed by atoms with van der Waals surface area (Å²) in [5.41, 5.74) is 10.4. The van der Waals surface area contributed by atoms with Gasteiger partial charge in [0.15, 0.2) is 17.5 Å². The lowest BCUT2D eigenvalue weighted by Crippen LogP contribution is -2.14. The number of furan rings is 2. The summed E-state index contributed by atoms with van der Waals surface area (Å²) in [5.74, 6) is 1.61. The third-order valence-corrected chi connectivity index (χ3v) is 9.57. The third-order valence-electron chi connectivity index (χ3n) is 9.57. The van der Waals surface area contributed by atoms with Crippen LogP contribution in [0.1, 0.15) is 25.0 Å². The lowest BCUT2D eigenvalue weighted by molar-refractivity contribution is 0.651. The van der Waals surface area contributed by atoms with E-state index in [9.17, 15) is 0 Å². The number of hydrogen-bond donors (Lipinski definition) is 0. The Morgan fingerprint density at radius 3 is 2.06 bits per heavy atom. The smallest absolute Gasteiger partial charge is 0.227 e. The highest BCUT2D eigenvalue weighted by molar-refractivity contribution is 6.07. The Bertz CT molecular complexity index is 2720. The summed E-state index contributed by atoms with van der Waals surface area (Å²) in [6, 6.07) is 41.2. The van der Waals surface area contributed by atoms with E-state index in [0.717, 1.165) is 49.4 Å². The Morgan fingerprint density at radius 2 is 1.17 bits per heavy atom. The lowest BCUT2D eigenvalue weighted by atomic mass is 9.82. The molecule has 222 valence electrons. The fourth-order valence-electron chi connectivity index (χ4n) is 7.18. The lowest BCUT2D eigenvalue weighted by Gasteiger charge is -2.21. The fraction of sp³-hybridized carbons (Fsp3) is 0.0732. The zero-order chi connectivity index (χ0) is 31.3. The summed E-state index contributed by atoms with van der Waals surface area (Å²) in [4.78, 5) is 19.8. The Labute approximate surface area is 269 Å². The van der Waals surface area contributed by atoms with Gasteiger partial charge in [-0.3, -0.25) is 0 Å². The van der Waals surface area contributed by atoms with Gasteiger partial charge in [0.1, 0.15) is 22.4 Å². The van der Waals surface area contributed by atoms with Crippen molar-refractivity contribution in [2.24, 2.45) is 0 Å². The van der Waals surface area contributed by atoms with Gasteiger partial charge in [-0.15, -0.1) is 0 Å². The van der Waals surface area contributed by atoms with Crippen molar-refractivity contribution in [2.75, 3.05) is 0 Å². The molecule has 0 N–H and O–H groups in total. The molecule has 0 saturated carbocycles. The molecule has 0 saturated heterocycles. The minimum atomic E-state index is -0.0992. The second kappa shape index (κ2) is 9.44. The zero-order valence-corrected chi connectivity index (χ0v) is 25.7. The molecule has 1 aliphatic carbocycles. The SMILES string of the molecule is CC1(C)c2ccccc2-c2cc3oc4nc(-c5nc(-c6ccccc6)nc(-c6ccc7oc8ccccc8c7c6)n5)ccc4c3cc21. The average Bonchev–Trinajstić information content (AvgIpc) is 3.74. The Kier molecular flexibility index (Phi) is 5.24. The van der Waals surface area contributed by atoms with Gasteiger partial charge in [0, 0.05) is 38.1 Å². The van der Waals surface area contributed by atoms with E-state index in [4.69, 9.17) is 28.8 Å². The Hall–Kier alpha value is -6.14. The van der Waals surface area contributed by atoms with Crippen LogP contribution in [0.4, 0.5) is 0 Å². The summed E-state index contributed by atoms with van der Waals surface area (Å²) in [6.45, 7) is 4.58. The van der Waals surface area contributed by atoms with E-state index in [1.165, 1.54) is 22.3 Å². The van der Waals surface area contributed by atoms with Crippen LogP contribution in [0.25, 0.3) is 89.4 Å². The molecule has 6 nitrogen and oxygen atoms in total.